The topological polar surface area (TPSA) is 73.2 Å². The minimum Gasteiger partial charge on any atom is -0.494 e. The maximum absolute atomic E-state index is 12.8. The van der Waals surface area contributed by atoms with Crippen molar-refractivity contribution in [2.24, 2.45) is 0 Å². The highest BCUT2D eigenvalue weighted by Gasteiger charge is 2.09. The minimum atomic E-state index is -0.300. The lowest BCUT2D eigenvalue weighted by molar-refractivity contribution is -0.121. The highest BCUT2D eigenvalue weighted by atomic mass is 19.1. The SMILES string of the molecule is Cc1cccc2c(=O)n(CC(=O)NCCCCOc3ccc(F)cc3)cnc12. The minimum absolute atomic E-state index is 0.0677. The number of rotatable bonds is 8. The number of aromatic nitrogens is 2. The molecule has 3 rings (SSSR count). The third kappa shape index (κ3) is 4.94. The summed E-state index contributed by atoms with van der Waals surface area (Å²) in [6.07, 6.45) is 2.89. The van der Waals surface area contributed by atoms with Crippen molar-refractivity contribution < 1.29 is 13.9 Å². The van der Waals surface area contributed by atoms with Gasteiger partial charge in [-0.25, -0.2) is 9.37 Å². The van der Waals surface area contributed by atoms with Gasteiger partial charge in [0.15, 0.2) is 0 Å². The predicted molar refractivity (Wildman–Crippen MR) is 105 cm³/mol. The van der Waals surface area contributed by atoms with Crippen LogP contribution in [0.15, 0.2) is 53.6 Å². The Morgan fingerprint density at radius 2 is 1.96 bits per heavy atom. The molecule has 0 saturated heterocycles. The molecule has 7 heteroatoms. The molecule has 146 valence electrons. The number of amides is 1. The summed E-state index contributed by atoms with van der Waals surface area (Å²) in [6.45, 7) is 2.79. The first-order valence-electron chi connectivity index (χ1n) is 9.14. The molecular formula is C21H22FN3O3. The van der Waals surface area contributed by atoms with Gasteiger partial charge in [0, 0.05) is 6.54 Å². The summed E-state index contributed by atoms with van der Waals surface area (Å²) in [6, 6.07) is 11.3. The number of aryl methyl sites for hydroxylation is 1. The molecule has 1 heterocycles. The van der Waals surface area contributed by atoms with E-state index in [1.165, 1.54) is 23.0 Å². The maximum atomic E-state index is 12.8. The number of nitrogens with zero attached hydrogens (tertiary/aromatic N) is 2. The second kappa shape index (κ2) is 9.12. The van der Waals surface area contributed by atoms with Crippen LogP contribution in [0.3, 0.4) is 0 Å². The van der Waals surface area contributed by atoms with E-state index < -0.39 is 0 Å². The molecule has 0 spiro atoms. The van der Waals surface area contributed by atoms with Gasteiger partial charge >= 0.3 is 0 Å². The number of carbonyl (C=O) groups is 1. The van der Waals surface area contributed by atoms with Gasteiger partial charge in [-0.15, -0.1) is 0 Å². The lowest BCUT2D eigenvalue weighted by Crippen LogP contribution is -2.33. The summed E-state index contributed by atoms with van der Waals surface area (Å²) >= 11 is 0. The Balaban J connectivity index is 1.42. The van der Waals surface area contributed by atoms with Gasteiger partial charge in [0.25, 0.3) is 5.56 Å². The number of ether oxygens (including phenoxy) is 1. The summed E-state index contributed by atoms with van der Waals surface area (Å²) in [4.78, 5) is 28.9. The van der Waals surface area contributed by atoms with E-state index in [1.807, 2.05) is 13.0 Å². The molecule has 6 nitrogen and oxygen atoms in total. The zero-order valence-corrected chi connectivity index (χ0v) is 15.7. The van der Waals surface area contributed by atoms with E-state index in [4.69, 9.17) is 4.74 Å². The summed E-state index contributed by atoms with van der Waals surface area (Å²) in [5, 5.41) is 3.30. The molecule has 0 aliphatic rings. The molecule has 0 fully saturated rings. The third-order valence-electron chi connectivity index (χ3n) is 4.34. The first-order valence-corrected chi connectivity index (χ1v) is 9.14. The summed E-state index contributed by atoms with van der Waals surface area (Å²) < 4.78 is 19.6. The summed E-state index contributed by atoms with van der Waals surface area (Å²) in [5.41, 5.74) is 1.36. The van der Waals surface area contributed by atoms with Crippen LogP contribution in [-0.2, 0) is 11.3 Å². The Bertz CT molecular complexity index is 1020. The number of para-hydroxylation sites is 1. The fourth-order valence-electron chi connectivity index (χ4n) is 2.84. The van der Waals surface area contributed by atoms with E-state index >= 15 is 0 Å². The van der Waals surface area contributed by atoms with Crippen LogP contribution in [-0.4, -0.2) is 28.6 Å². The van der Waals surface area contributed by atoms with E-state index in [2.05, 4.69) is 10.3 Å². The van der Waals surface area contributed by atoms with Gasteiger partial charge < -0.3 is 10.1 Å². The Labute approximate surface area is 162 Å². The van der Waals surface area contributed by atoms with Gasteiger partial charge in [-0.2, -0.15) is 0 Å². The van der Waals surface area contributed by atoms with Crippen molar-refractivity contribution in [3.05, 3.63) is 70.5 Å². The monoisotopic (exact) mass is 383 g/mol. The Morgan fingerprint density at radius 3 is 2.75 bits per heavy atom. The van der Waals surface area contributed by atoms with Crippen LogP contribution >= 0.6 is 0 Å². The first kappa shape index (κ1) is 19.5. The van der Waals surface area contributed by atoms with Gasteiger partial charge in [0.1, 0.15) is 18.1 Å². The van der Waals surface area contributed by atoms with E-state index in [9.17, 15) is 14.0 Å². The van der Waals surface area contributed by atoms with Crippen molar-refractivity contribution in [3.8, 4) is 5.75 Å². The van der Waals surface area contributed by atoms with Crippen molar-refractivity contribution in [2.45, 2.75) is 26.3 Å². The van der Waals surface area contributed by atoms with Crippen molar-refractivity contribution >= 4 is 16.8 Å². The van der Waals surface area contributed by atoms with Crippen molar-refractivity contribution in [1.82, 2.24) is 14.9 Å². The number of nitrogens with one attached hydrogen (secondary N) is 1. The molecule has 28 heavy (non-hydrogen) atoms. The van der Waals surface area contributed by atoms with Crippen LogP contribution in [0.2, 0.25) is 0 Å². The van der Waals surface area contributed by atoms with Crippen molar-refractivity contribution in [2.75, 3.05) is 13.2 Å². The van der Waals surface area contributed by atoms with E-state index in [0.717, 1.165) is 18.4 Å². The average molecular weight is 383 g/mol. The van der Waals surface area contributed by atoms with Crippen LogP contribution < -0.4 is 15.6 Å². The lowest BCUT2D eigenvalue weighted by atomic mass is 10.1. The number of halogens is 1. The molecule has 3 aromatic rings. The number of carbonyl (C=O) groups excluding carboxylic acids is 1. The molecule has 1 aromatic heterocycles. The molecular weight excluding hydrogens is 361 g/mol. The largest absolute Gasteiger partial charge is 0.494 e. The van der Waals surface area contributed by atoms with Crippen molar-refractivity contribution in [3.63, 3.8) is 0 Å². The second-order valence-corrected chi connectivity index (χ2v) is 6.51. The molecule has 1 amide bonds. The van der Waals surface area contributed by atoms with Gasteiger partial charge in [-0.1, -0.05) is 12.1 Å². The van der Waals surface area contributed by atoms with E-state index in [1.54, 1.807) is 24.3 Å². The zero-order valence-electron chi connectivity index (χ0n) is 15.7. The Kier molecular flexibility index (Phi) is 6.37. The number of unbranched alkanes of at least 4 members (excludes halogenated alkanes) is 1. The fourth-order valence-corrected chi connectivity index (χ4v) is 2.84. The molecule has 2 aromatic carbocycles. The van der Waals surface area contributed by atoms with Gasteiger partial charge in [-0.05, 0) is 55.7 Å². The Morgan fingerprint density at radius 1 is 1.18 bits per heavy atom. The maximum Gasteiger partial charge on any atom is 0.261 e. The quantitative estimate of drug-likeness (QED) is 0.607. The highest BCUT2D eigenvalue weighted by molar-refractivity contribution is 5.81. The molecule has 1 N–H and O–H groups in total. The molecule has 0 saturated carbocycles. The van der Waals surface area contributed by atoms with Crippen LogP contribution in [0.5, 0.6) is 5.75 Å². The Hall–Kier alpha value is -3.22. The molecule has 0 atom stereocenters. The van der Waals surface area contributed by atoms with Gasteiger partial charge in [-0.3, -0.25) is 14.2 Å². The molecule has 0 unspecified atom stereocenters. The zero-order chi connectivity index (χ0) is 19.9. The average Bonchev–Trinajstić information content (AvgIpc) is 2.69. The van der Waals surface area contributed by atoms with Crippen LogP contribution in [0.1, 0.15) is 18.4 Å². The second-order valence-electron chi connectivity index (χ2n) is 6.51. The number of fused-ring (bicyclic) bond motifs is 1. The molecule has 0 bridgehead atoms. The lowest BCUT2D eigenvalue weighted by Gasteiger charge is -2.09. The van der Waals surface area contributed by atoms with E-state index in [-0.39, 0.29) is 23.8 Å². The molecule has 0 aliphatic carbocycles. The number of hydrogen-bond donors (Lipinski definition) is 1. The summed E-state index contributed by atoms with van der Waals surface area (Å²) in [7, 11) is 0. The van der Waals surface area contributed by atoms with Crippen LogP contribution in [0.4, 0.5) is 4.39 Å². The number of hydrogen-bond acceptors (Lipinski definition) is 4. The summed E-state index contributed by atoms with van der Waals surface area (Å²) in [5.74, 6) is 0.0742. The van der Waals surface area contributed by atoms with Crippen molar-refractivity contribution in [1.29, 1.82) is 0 Å². The normalized spacial score (nSPS) is 10.8. The van der Waals surface area contributed by atoms with Gasteiger partial charge in [0.05, 0.1) is 23.8 Å². The van der Waals surface area contributed by atoms with Crippen LogP contribution in [0.25, 0.3) is 10.9 Å². The molecule has 0 radical (unpaired) electrons. The third-order valence-corrected chi connectivity index (χ3v) is 4.34. The smallest absolute Gasteiger partial charge is 0.261 e. The first-order chi connectivity index (χ1) is 13.5. The van der Waals surface area contributed by atoms with Gasteiger partial charge in [0.2, 0.25) is 5.91 Å². The highest BCUT2D eigenvalue weighted by Crippen LogP contribution is 2.12. The van der Waals surface area contributed by atoms with E-state index in [0.29, 0.717) is 29.8 Å². The number of benzene rings is 2. The molecule has 0 aliphatic heterocycles. The predicted octanol–water partition coefficient (Wildman–Crippen LogP) is 2.82. The van der Waals surface area contributed by atoms with Crippen LogP contribution in [0, 0.1) is 12.7 Å². The fraction of sp³-hybridized carbons (Fsp3) is 0.286. The standard InChI is InChI=1S/C21H22FN3O3/c1-15-5-4-6-18-20(15)24-14-25(21(18)27)13-19(26)23-11-2-3-12-28-17-9-7-16(22)8-10-17/h4-10,14H,2-3,11-13H2,1H3,(H,23,26).